The number of carbonyl (C=O) groups is 2. The van der Waals surface area contributed by atoms with Crippen LogP contribution in [-0.4, -0.2) is 68.8 Å². The molecule has 1 aromatic carbocycles. The Bertz CT molecular complexity index is 977. The molecule has 0 saturated carbocycles. The van der Waals surface area contributed by atoms with Gasteiger partial charge in [-0.05, 0) is 32.0 Å². The van der Waals surface area contributed by atoms with Gasteiger partial charge in [0.1, 0.15) is 0 Å². The van der Waals surface area contributed by atoms with Gasteiger partial charge in [-0.1, -0.05) is 18.2 Å². The molecule has 2 amide bonds. The number of hydrogen-bond acceptors (Lipinski definition) is 6. The first-order valence-electron chi connectivity index (χ1n) is 9.91. The van der Waals surface area contributed by atoms with Gasteiger partial charge in [0.25, 0.3) is 5.91 Å². The summed E-state index contributed by atoms with van der Waals surface area (Å²) in [6, 6.07) is 9.75. The number of benzene rings is 1. The molecule has 3 rings (SSSR count). The van der Waals surface area contributed by atoms with Crippen LogP contribution >= 0.6 is 0 Å². The highest BCUT2D eigenvalue weighted by Gasteiger charge is 2.28. The van der Waals surface area contributed by atoms with Gasteiger partial charge in [0.05, 0.1) is 23.5 Å². The molecule has 0 atom stereocenters. The van der Waals surface area contributed by atoms with Crippen molar-refractivity contribution in [3.8, 4) is 0 Å². The lowest BCUT2D eigenvalue weighted by molar-refractivity contribution is -0.123. The van der Waals surface area contributed by atoms with Crippen LogP contribution in [0.5, 0.6) is 0 Å². The molecule has 8 nitrogen and oxygen atoms in total. The van der Waals surface area contributed by atoms with Crippen molar-refractivity contribution in [2.45, 2.75) is 30.5 Å². The number of amides is 2. The first kappa shape index (κ1) is 22.0. The van der Waals surface area contributed by atoms with Crippen LogP contribution in [0.2, 0.25) is 0 Å². The molecular formula is C21H27N3O5S. The van der Waals surface area contributed by atoms with Crippen molar-refractivity contribution in [1.82, 2.24) is 15.1 Å². The van der Waals surface area contributed by atoms with E-state index in [4.69, 9.17) is 4.42 Å². The van der Waals surface area contributed by atoms with E-state index in [0.29, 0.717) is 38.3 Å². The van der Waals surface area contributed by atoms with Gasteiger partial charge in [0.2, 0.25) is 5.91 Å². The van der Waals surface area contributed by atoms with Crippen molar-refractivity contribution in [3.05, 3.63) is 54.0 Å². The highest BCUT2D eigenvalue weighted by molar-refractivity contribution is 7.90. The molecule has 1 aliphatic heterocycles. The maximum absolute atomic E-state index is 12.9. The standard InChI is InChI=1S/C21H27N3O5S/c1-16(2)22-19(25)14-23-9-11-24(12-10-23)21(26)20-17(8-13-29-20)15-30(27,28)18-6-4-3-5-7-18/h3-8,13,16H,9-12,14-15H2,1-2H3,(H,22,25). The number of furan rings is 1. The van der Waals surface area contributed by atoms with Gasteiger partial charge in [-0.2, -0.15) is 0 Å². The van der Waals surface area contributed by atoms with Crippen LogP contribution in [0.1, 0.15) is 30.0 Å². The number of piperazine rings is 1. The van der Waals surface area contributed by atoms with Crippen LogP contribution in [0, 0.1) is 0 Å². The Kier molecular flexibility index (Phi) is 6.94. The Morgan fingerprint density at radius 1 is 1.07 bits per heavy atom. The Balaban J connectivity index is 1.61. The fraction of sp³-hybridized carbons (Fsp3) is 0.429. The van der Waals surface area contributed by atoms with E-state index >= 15 is 0 Å². The third-order valence-corrected chi connectivity index (χ3v) is 6.55. The summed E-state index contributed by atoms with van der Waals surface area (Å²) in [7, 11) is -3.59. The quantitative estimate of drug-likeness (QED) is 0.711. The minimum Gasteiger partial charge on any atom is -0.459 e. The highest BCUT2D eigenvalue weighted by Crippen LogP contribution is 2.21. The van der Waals surface area contributed by atoms with Crippen LogP contribution in [0.25, 0.3) is 0 Å². The van der Waals surface area contributed by atoms with Crippen molar-refractivity contribution >= 4 is 21.7 Å². The zero-order chi connectivity index (χ0) is 21.7. The average Bonchev–Trinajstić information content (AvgIpc) is 3.15. The molecule has 0 aliphatic carbocycles. The zero-order valence-corrected chi connectivity index (χ0v) is 18.0. The topological polar surface area (TPSA) is 99.9 Å². The number of sulfone groups is 1. The van der Waals surface area contributed by atoms with Crippen molar-refractivity contribution < 1.29 is 22.4 Å². The molecule has 162 valence electrons. The normalized spacial score (nSPS) is 15.4. The van der Waals surface area contributed by atoms with Gasteiger partial charge < -0.3 is 14.6 Å². The summed E-state index contributed by atoms with van der Waals surface area (Å²) in [5, 5.41) is 2.86. The largest absolute Gasteiger partial charge is 0.459 e. The Hall–Kier alpha value is -2.65. The minimum absolute atomic E-state index is 0.0378. The van der Waals surface area contributed by atoms with E-state index < -0.39 is 9.84 Å². The maximum atomic E-state index is 12.9. The summed E-state index contributed by atoms with van der Waals surface area (Å²) in [5.41, 5.74) is 0.350. The number of carbonyl (C=O) groups excluding carboxylic acids is 2. The summed E-state index contributed by atoms with van der Waals surface area (Å²) < 4.78 is 30.7. The number of nitrogens with one attached hydrogen (secondary N) is 1. The number of rotatable bonds is 7. The lowest BCUT2D eigenvalue weighted by atomic mass is 10.2. The molecule has 1 N–H and O–H groups in total. The predicted molar refractivity (Wildman–Crippen MR) is 112 cm³/mol. The van der Waals surface area contributed by atoms with Gasteiger partial charge in [-0.15, -0.1) is 0 Å². The van der Waals surface area contributed by atoms with E-state index in [1.54, 1.807) is 23.1 Å². The van der Waals surface area contributed by atoms with Crippen LogP contribution < -0.4 is 5.32 Å². The third kappa shape index (κ3) is 5.48. The maximum Gasteiger partial charge on any atom is 0.289 e. The van der Waals surface area contributed by atoms with Gasteiger partial charge in [-0.25, -0.2) is 8.42 Å². The second-order valence-corrected chi connectivity index (χ2v) is 9.63. The number of nitrogens with zero attached hydrogens (tertiary/aromatic N) is 2. The SMILES string of the molecule is CC(C)NC(=O)CN1CCN(C(=O)c2occc2CS(=O)(=O)c2ccccc2)CC1. The van der Waals surface area contributed by atoms with E-state index in [2.05, 4.69) is 5.32 Å². The molecule has 0 spiro atoms. The molecule has 0 unspecified atom stereocenters. The van der Waals surface area contributed by atoms with Gasteiger partial charge in [0, 0.05) is 37.8 Å². The molecule has 1 saturated heterocycles. The monoisotopic (exact) mass is 433 g/mol. The van der Waals surface area contributed by atoms with E-state index in [1.165, 1.54) is 24.5 Å². The van der Waals surface area contributed by atoms with Crippen molar-refractivity contribution in [3.63, 3.8) is 0 Å². The van der Waals surface area contributed by atoms with E-state index in [-0.39, 0.29) is 34.3 Å². The average molecular weight is 434 g/mol. The summed E-state index contributed by atoms with van der Waals surface area (Å²) in [6.07, 6.45) is 1.34. The third-order valence-electron chi connectivity index (χ3n) is 4.87. The second kappa shape index (κ2) is 9.44. The fourth-order valence-corrected chi connectivity index (χ4v) is 4.75. The summed E-state index contributed by atoms with van der Waals surface area (Å²) in [4.78, 5) is 28.7. The minimum atomic E-state index is -3.59. The summed E-state index contributed by atoms with van der Waals surface area (Å²) in [5.74, 6) is -0.613. The molecule has 2 heterocycles. The number of hydrogen-bond donors (Lipinski definition) is 1. The summed E-state index contributed by atoms with van der Waals surface area (Å²) in [6.45, 7) is 6.13. The van der Waals surface area contributed by atoms with E-state index in [9.17, 15) is 18.0 Å². The predicted octanol–water partition coefficient (Wildman–Crippen LogP) is 1.54. The fourth-order valence-electron chi connectivity index (χ4n) is 3.38. The molecular weight excluding hydrogens is 406 g/mol. The first-order valence-corrected chi connectivity index (χ1v) is 11.6. The van der Waals surface area contributed by atoms with E-state index in [0.717, 1.165) is 0 Å². The van der Waals surface area contributed by atoms with Crippen LogP contribution in [0.15, 0.2) is 52.0 Å². The van der Waals surface area contributed by atoms with Crippen LogP contribution in [0.4, 0.5) is 0 Å². The second-order valence-electron chi connectivity index (χ2n) is 7.64. The first-order chi connectivity index (χ1) is 14.3. The van der Waals surface area contributed by atoms with Crippen molar-refractivity contribution in [2.75, 3.05) is 32.7 Å². The van der Waals surface area contributed by atoms with E-state index in [1.807, 2.05) is 18.7 Å². The van der Waals surface area contributed by atoms with Crippen LogP contribution in [0.3, 0.4) is 0 Å². The molecule has 2 aromatic rings. The van der Waals surface area contributed by atoms with Crippen molar-refractivity contribution in [1.29, 1.82) is 0 Å². The smallest absolute Gasteiger partial charge is 0.289 e. The van der Waals surface area contributed by atoms with Gasteiger partial charge in [-0.3, -0.25) is 14.5 Å². The molecule has 9 heteroatoms. The Morgan fingerprint density at radius 3 is 2.37 bits per heavy atom. The van der Waals surface area contributed by atoms with Crippen LogP contribution in [-0.2, 0) is 20.4 Å². The van der Waals surface area contributed by atoms with Gasteiger partial charge in [0.15, 0.2) is 15.6 Å². The van der Waals surface area contributed by atoms with Gasteiger partial charge >= 0.3 is 0 Å². The summed E-state index contributed by atoms with van der Waals surface area (Å²) >= 11 is 0. The molecule has 30 heavy (non-hydrogen) atoms. The lowest BCUT2D eigenvalue weighted by Gasteiger charge is -2.34. The molecule has 0 bridgehead atoms. The molecule has 1 aromatic heterocycles. The zero-order valence-electron chi connectivity index (χ0n) is 17.2. The van der Waals surface area contributed by atoms with Crippen molar-refractivity contribution in [2.24, 2.45) is 0 Å². The Labute approximate surface area is 176 Å². The Morgan fingerprint density at radius 2 is 1.73 bits per heavy atom. The lowest BCUT2D eigenvalue weighted by Crippen LogP contribution is -2.51. The molecule has 1 fully saturated rings. The molecule has 0 radical (unpaired) electrons. The highest BCUT2D eigenvalue weighted by atomic mass is 32.2. The molecule has 1 aliphatic rings.